The van der Waals surface area contributed by atoms with Crippen LogP contribution in [-0.2, 0) is 0 Å². The maximum atomic E-state index is 8.78. The highest BCUT2D eigenvalue weighted by molar-refractivity contribution is 6.31. The van der Waals surface area contributed by atoms with Crippen molar-refractivity contribution in [2.75, 3.05) is 0 Å². The Bertz CT molecular complexity index is 627. The Morgan fingerprint density at radius 1 is 1.26 bits per heavy atom. The first-order valence-electron chi connectivity index (χ1n) is 5.62. The van der Waals surface area contributed by atoms with Crippen LogP contribution in [0.2, 0.25) is 5.02 Å². The maximum Gasteiger partial charge on any atom is 0.173 e. The van der Waals surface area contributed by atoms with Crippen LogP contribution in [0.4, 0.5) is 0 Å². The summed E-state index contributed by atoms with van der Waals surface area (Å²) in [6.07, 6.45) is 0. The Balaban J connectivity index is 2.40. The number of benzene rings is 2. The summed E-state index contributed by atoms with van der Waals surface area (Å²) in [5, 5.41) is 12.2. The molecule has 0 aliphatic carbocycles. The molecule has 4 nitrogen and oxygen atoms in total. The molecule has 0 atom stereocenters. The molecule has 3 N–H and O–H groups in total. The maximum absolute atomic E-state index is 8.78. The van der Waals surface area contributed by atoms with E-state index >= 15 is 0 Å². The number of amidine groups is 1. The lowest BCUT2D eigenvalue weighted by Crippen LogP contribution is -2.14. The summed E-state index contributed by atoms with van der Waals surface area (Å²) in [5.41, 5.74) is 7.13. The van der Waals surface area contributed by atoms with Crippen LogP contribution in [-0.4, -0.2) is 11.0 Å². The van der Waals surface area contributed by atoms with Crippen LogP contribution < -0.4 is 10.5 Å². The standard InChI is InChI=1S/C14H13ClN2O2/c1-9-3-2-4-11(7-9)19-13-6-5-10(15)8-12(13)14(16)17-18/h2-8,18H,1H3,(H2,16,17). The molecule has 2 rings (SSSR count). The van der Waals surface area contributed by atoms with Crippen molar-refractivity contribution in [3.8, 4) is 11.5 Å². The number of halogens is 1. The zero-order chi connectivity index (χ0) is 13.8. The molecule has 2 aromatic rings. The van der Waals surface area contributed by atoms with E-state index in [1.165, 1.54) is 0 Å². The quantitative estimate of drug-likeness (QED) is 0.390. The third kappa shape index (κ3) is 3.17. The number of nitrogens with zero attached hydrogens (tertiary/aromatic N) is 1. The summed E-state index contributed by atoms with van der Waals surface area (Å²) < 4.78 is 5.74. The van der Waals surface area contributed by atoms with E-state index in [2.05, 4.69) is 5.16 Å². The first-order chi connectivity index (χ1) is 9.10. The van der Waals surface area contributed by atoms with E-state index in [-0.39, 0.29) is 5.84 Å². The predicted octanol–water partition coefficient (Wildman–Crippen LogP) is 3.54. The first kappa shape index (κ1) is 13.2. The Hall–Kier alpha value is -2.20. The molecule has 0 fully saturated rings. The van der Waals surface area contributed by atoms with E-state index < -0.39 is 0 Å². The van der Waals surface area contributed by atoms with Crippen LogP contribution in [0.25, 0.3) is 0 Å². The predicted molar refractivity (Wildman–Crippen MR) is 75.2 cm³/mol. The van der Waals surface area contributed by atoms with Crippen molar-refractivity contribution in [2.24, 2.45) is 10.9 Å². The number of oxime groups is 1. The lowest BCUT2D eigenvalue weighted by molar-refractivity contribution is 0.318. The molecule has 0 amide bonds. The van der Waals surface area contributed by atoms with Crippen molar-refractivity contribution in [1.29, 1.82) is 0 Å². The lowest BCUT2D eigenvalue weighted by atomic mass is 10.2. The third-order valence-corrected chi connectivity index (χ3v) is 2.78. The highest BCUT2D eigenvalue weighted by Gasteiger charge is 2.10. The summed E-state index contributed by atoms with van der Waals surface area (Å²) >= 11 is 5.90. The largest absolute Gasteiger partial charge is 0.457 e. The Labute approximate surface area is 116 Å². The Morgan fingerprint density at radius 3 is 2.74 bits per heavy atom. The summed E-state index contributed by atoms with van der Waals surface area (Å²) in [7, 11) is 0. The monoisotopic (exact) mass is 276 g/mol. The van der Waals surface area contributed by atoms with Crippen LogP contribution in [0.3, 0.4) is 0 Å². The van der Waals surface area contributed by atoms with Gasteiger partial charge in [0, 0.05) is 5.02 Å². The van der Waals surface area contributed by atoms with E-state index in [4.69, 9.17) is 27.3 Å². The van der Waals surface area contributed by atoms with Gasteiger partial charge in [-0.3, -0.25) is 0 Å². The van der Waals surface area contributed by atoms with Gasteiger partial charge in [0.1, 0.15) is 11.5 Å². The molecular formula is C14H13ClN2O2. The third-order valence-electron chi connectivity index (χ3n) is 2.54. The van der Waals surface area contributed by atoms with Crippen LogP contribution in [0, 0.1) is 6.92 Å². The zero-order valence-corrected chi connectivity index (χ0v) is 11.1. The van der Waals surface area contributed by atoms with Crippen molar-refractivity contribution in [1.82, 2.24) is 0 Å². The second-order valence-corrected chi connectivity index (χ2v) is 4.48. The number of hydrogen-bond donors (Lipinski definition) is 2. The number of rotatable bonds is 3. The van der Waals surface area contributed by atoms with E-state index in [1.54, 1.807) is 18.2 Å². The molecule has 2 aromatic carbocycles. The summed E-state index contributed by atoms with van der Waals surface area (Å²) in [6.45, 7) is 1.97. The lowest BCUT2D eigenvalue weighted by Gasteiger charge is -2.11. The molecule has 0 heterocycles. The molecule has 19 heavy (non-hydrogen) atoms. The van der Waals surface area contributed by atoms with Crippen molar-refractivity contribution in [3.63, 3.8) is 0 Å². The SMILES string of the molecule is Cc1cccc(Oc2ccc(Cl)cc2/C(N)=N/O)c1. The number of nitrogens with two attached hydrogens (primary N) is 1. The van der Waals surface area contributed by atoms with Gasteiger partial charge in [-0.05, 0) is 42.8 Å². The van der Waals surface area contributed by atoms with E-state index in [9.17, 15) is 0 Å². The van der Waals surface area contributed by atoms with Crippen molar-refractivity contribution in [3.05, 3.63) is 58.6 Å². The summed E-state index contributed by atoms with van der Waals surface area (Å²) in [5.74, 6) is 1.10. The fraction of sp³-hybridized carbons (Fsp3) is 0.0714. The first-order valence-corrected chi connectivity index (χ1v) is 6.00. The van der Waals surface area contributed by atoms with Gasteiger partial charge in [-0.1, -0.05) is 28.9 Å². The molecular weight excluding hydrogens is 264 g/mol. The van der Waals surface area contributed by atoms with Gasteiger partial charge < -0.3 is 15.7 Å². The molecule has 0 saturated carbocycles. The molecule has 0 aromatic heterocycles. The molecule has 0 spiro atoms. The van der Waals surface area contributed by atoms with Crippen LogP contribution >= 0.6 is 11.6 Å². The molecule has 0 saturated heterocycles. The fourth-order valence-electron chi connectivity index (χ4n) is 1.65. The highest BCUT2D eigenvalue weighted by Crippen LogP contribution is 2.28. The van der Waals surface area contributed by atoms with Crippen molar-refractivity contribution < 1.29 is 9.94 Å². The average Bonchev–Trinajstić information content (AvgIpc) is 2.40. The minimum atomic E-state index is -0.0508. The average molecular weight is 277 g/mol. The summed E-state index contributed by atoms with van der Waals surface area (Å²) in [4.78, 5) is 0. The number of hydrogen-bond acceptors (Lipinski definition) is 3. The molecule has 0 unspecified atom stereocenters. The number of aryl methyl sites for hydroxylation is 1. The minimum absolute atomic E-state index is 0.0508. The van der Waals surface area contributed by atoms with Gasteiger partial charge in [0.2, 0.25) is 0 Å². The van der Waals surface area contributed by atoms with E-state index in [0.717, 1.165) is 5.56 Å². The Morgan fingerprint density at radius 2 is 2.05 bits per heavy atom. The van der Waals surface area contributed by atoms with E-state index in [0.29, 0.717) is 22.1 Å². The van der Waals surface area contributed by atoms with Gasteiger partial charge in [0.25, 0.3) is 0 Å². The zero-order valence-electron chi connectivity index (χ0n) is 10.3. The minimum Gasteiger partial charge on any atom is -0.457 e. The molecule has 0 aliphatic rings. The van der Waals surface area contributed by atoms with Crippen LogP contribution in [0.1, 0.15) is 11.1 Å². The van der Waals surface area contributed by atoms with Gasteiger partial charge in [-0.2, -0.15) is 0 Å². The van der Waals surface area contributed by atoms with Crippen molar-refractivity contribution in [2.45, 2.75) is 6.92 Å². The fourth-order valence-corrected chi connectivity index (χ4v) is 1.82. The number of ether oxygens (including phenoxy) is 1. The van der Waals surface area contributed by atoms with Crippen LogP contribution in [0.5, 0.6) is 11.5 Å². The van der Waals surface area contributed by atoms with Crippen LogP contribution in [0.15, 0.2) is 47.6 Å². The molecule has 5 heteroatoms. The Kier molecular flexibility index (Phi) is 3.92. The second kappa shape index (κ2) is 5.63. The smallest absolute Gasteiger partial charge is 0.173 e. The molecule has 98 valence electrons. The topological polar surface area (TPSA) is 67.8 Å². The molecule has 0 aliphatic heterocycles. The molecule has 0 bridgehead atoms. The van der Waals surface area contributed by atoms with E-state index in [1.807, 2.05) is 31.2 Å². The second-order valence-electron chi connectivity index (χ2n) is 4.04. The van der Waals surface area contributed by atoms with Gasteiger partial charge >= 0.3 is 0 Å². The highest BCUT2D eigenvalue weighted by atomic mass is 35.5. The van der Waals surface area contributed by atoms with Crippen molar-refractivity contribution >= 4 is 17.4 Å². The molecule has 0 radical (unpaired) electrons. The van der Waals surface area contributed by atoms with Gasteiger partial charge in [0.15, 0.2) is 5.84 Å². The van der Waals surface area contributed by atoms with Gasteiger partial charge in [-0.15, -0.1) is 0 Å². The summed E-state index contributed by atoms with van der Waals surface area (Å²) in [6, 6.07) is 12.5. The van der Waals surface area contributed by atoms with Gasteiger partial charge in [-0.25, -0.2) is 0 Å². The normalized spacial score (nSPS) is 11.4. The van der Waals surface area contributed by atoms with Gasteiger partial charge in [0.05, 0.1) is 5.56 Å².